The second-order valence-corrected chi connectivity index (χ2v) is 8.34. The summed E-state index contributed by atoms with van der Waals surface area (Å²) in [5.74, 6) is 0.718. The molecule has 0 unspecified atom stereocenters. The number of rotatable bonds is 5. The number of hydrogen-bond donors (Lipinski definition) is 1. The lowest BCUT2D eigenvalue weighted by Gasteiger charge is -2.50. The first kappa shape index (κ1) is 19.9. The fourth-order valence-corrected chi connectivity index (χ4v) is 5.36. The van der Waals surface area contributed by atoms with Crippen molar-refractivity contribution >= 4 is 17.5 Å². The number of hydrogen-bond acceptors (Lipinski definition) is 5. The van der Waals surface area contributed by atoms with E-state index in [9.17, 15) is 9.59 Å². The zero-order valence-electron chi connectivity index (χ0n) is 17.6. The highest BCUT2D eigenvalue weighted by atomic mass is 16.7. The van der Waals surface area contributed by atoms with Crippen LogP contribution in [0, 0.1) is 0 Å². The van der Waals surface area contributed by atoms with Gasteiger partial charge in [-0.2, -0.15) is 0 Å². The van der Waals surface area contributed by atoms with Crippen molar-refractivity contribution in [3.8, 4) is 11.5 Å². The van der Waals surface area contributed by atoms with Crippen molar-refractivity contribution in [2.45, 2.75) is 37.1 Å². The van der Waals surface area contributed by atoms with Crippen molar-refractivity contribution < 1.29 is 23.8 Å². The molecular formula is C24H26N2O5. The highest BCUT2D eigenvalue weighted by molar-refractivity contribution is 6.05. The number of carbonyl (C=O) groups excluding carboxylic acids is 2. The predicted octanol–water partition coefficient (Wildman–Crippen LogP) is 3.55. The van der Waals surface area contributed by atoms with Crippen molar-refractivity contribution in [3.63, 3.8) is 0 Å². The van der Waals surface area contributed by atoms with Crippen molar-refractivity contribution in [2.24, 2.45) is 0 Å². The summed E-state index contributed by atoms with van der Waals surface area (Å²) >= 11 is 0. The van der Waals surface area contributed by atoms with Crippen LogP contribution in [0.1, 0.15) is 47.5 Å². The summed E-state index contributed by atoms with van der Waals surface area (Å²) in [5.41, 5.74) is 1.52. The second-order valence-electron chi connectivity index (χ2n) is 8.34. The number of benzene rings is 2. The van der Waals surface area contributed by atoms with E-state index in [0.29, 0.717) is 35.9 Å². The number of methoxy groups -OCH3 is 1. The van der Waals surface area contributed by atoms with Crippen LogP contribution in [0.25, 0.3) is 0 Å². The van der Waals surface area contributed by atoms with Gasteiger partial charge in [-0.15, -0.1) is 0 Å². The molecule has 2 aromatic rings. The van der Waals surface area contributed by atoms with Gasteiger partial charge >= 0.3 is 0 Å². The van der Waals surface area contributed by atoms with Crippen LogP contribution in [-0.2, 0) is 9.53 Å². The molecule has 1 aliphatic carbocycles. The summed E-state index contributed by atoms with van der Waals surface area (Å²) in [6.07, 6.45) is 3.59. The third-order valence-corrected chi connectivity index (χ3v) is 6.71. The van der Waals surface area contributed by atoms with Gasteiger partial charge in [0.25, 0.3) is 5.91 Å². The molecule has 2 aromatic carbocycles. The molecule has 1 N–H and O–H groups in total. The van der Waals surface area contributed by atoms with Crippen molar-refractivity contribution in [1.82, 2.24) is 4.90 Å². The summed E-state index contributed by atoms with van der Waals surface area (Å²) in [6, 6.07) is 12.9. The van der Waals surface area contributed by atoms with E-state index in [0.717, 1.165) is 31.2 Å². The molecule has 1 spiro atoms. The zero-order chi connectivity index (χ0) is 21.4. The number of nitrogens with one attached hydrogen (secondary N) is 1. The van der Waals surface area contributed by atoms with E-state index in [1.54, 1.807) is 19.2 Å². The first-order valence-electron chi connectivity index (χ1n) is 10.7. The first-order valence-corrected chi connectivity index (χ1v) is 10.7. The molecule has 2 heterocycles. The molecule has 7 heteroatoms. The van der Waals surface area contributed by atoms with Crippen molar-refractivity contribution in [2.75, 3.05) is 32.4 Å². The smallest absolute Gasteiger partial charge is 0.254 e. The molecular weight excluding hydrogens is 396 g/mol. The van der Waals surface area contributed by atoms with Gasteiger partial charge in [0.15, 0.2) is 11.5 Å². The lowest BCUT2D eigenvalue weighted by molar-refractivity contribution is -0.121. The molecule has 1 fully saturated rings. The van der Waals surface area contributed by atoms with Crippen LogP contribution in [0.3, 0.4) is 0 Å². The molecule has 0 saturated heterocycles. The van der Waals surface area contributed by atoms with Crippen LogP contribution in [0.4, 0.5) is 5.69 Å². The monoisotopic (exact) mass is 422 g/mol. The van der Waals surface area contributed by atoms with Crippen molar-refractivity contribution in [1.29, 1.82) is 0 Å². The summed E-state index contributed by atoms with van der Waals surface area (Å²) in [5, 5.41) is 3.08. The van der Waals surface area contributed by atoms with Gasteiger partial charge in [0.1, 0.15) is 0 Å². The topological polar surface area (TPSA) is 77.1 Å². The van der Waals surface area contributed by atoms with E-state index in [2.05, 4.69) is 5.32 Å². The Bertz CT molecular complexity index is 1010. The van der Waals surface area contributed by atoms with Gasteiger partial charge in [0.2, 0.25) is 12.7 Å². The minimum absolute atomic E-state index is 0.0123. The van der Waals surface area contributed by atoms with E-state index in [4.69, 9.17) is 14.2 Å². The molecule has 0 radical (unpaired) electrons. The molecule has 31 heavy (non-hydrogen) atoms. The van der Waals surface area contributed by atoms with E-state index >= 15 is 0 Å². The SMILES string of the molecule is COCCN1C(=O)c2ccccc2[C@H](C(=O)Nc2ccc3c(c2)OCO3)C12CCCC2. The number of amides is 2. The largest absolute Gasteiger partial charge is 0.454 e. The van der Waals surface area contributed by atoms with Crippen LogP contribution < -0.4 is 14.8 Å². The average molecular weight is 422 g/mol. The summed E-state index contributed by atoms with van der Waals surface area (Å²) in [6.45, 7) is 1.09. The van der Waals surface area contributed by atoms with Gasteiger partial charge in [-0.05, 0) is 36.6 Å². The molecule has 2 aliphatic heterocycles. The molecule has 7 nitrogen and oxygen atoms in total. The molecule has 0 aromatic heterocycles. The average Bonchev–Trinajstić information content (AvgIpc) is 3.44. The van der Waals surface area contributed by atoms with Gasteiger partial charge in [-0.3, -0.25) is 9.59 Å². The van der Waals surface area contributed by atoms with E-state index in [1.165, 1.54) is 0 Å². The quantitative estimate of drug-likeness (QED) is 0.797. The Morgan fingerprint density at radius 1 is 1.16 bits per heavy atom. The van der Waals surface area contributed by atoms with Gasteiger partial charge < -0.3 is 24.4 Å². The molecule has 0 bridgehead atoms. The highest BCUT2D eigenvalue weighted by Gasteiger charge is 2.55. The molecule has 1 atom stereocenters. The number of fused-ring (bicyclic) bond motifs is 2. The molecule has 2 amide bonds. The lowest BCUT2D eigenvalue weighted by Crippen LogP contribution is -2.60. The molecule has 3 aliphatic rings. The maximum atomic E-state index is 13.8. The van der Waals surface area contributed by atoms with Crippen molar-refractivity contribution in [3.05, 3.63) is 53.6 Å². The fourth-order valence-electron chi connectivity index (χ4n) is 5.36. The number of nitrogens with zero attached hydrogens (tertiary/aromatic N) is 1. The summed E-state index contributed by atoms with van der Waals surface area (Å²) < 4.78 is 16.1. The number of carbonyl (C=O) groups is 2. The summed E-state index contributed by atoms with van der Waals surface area (Å²) in [4.78, 5) is 29.1. The van der Waals surface area contributed by atoms with E-state index in [-0.39, 0.29) is 18.6 Å². The van der Waals surface area contributed by atoms with Crippen LogP contribution in [0.2, 0.25) is 0 Å². The summed E-state index contributed by atoms with van der Waals surface area (Å²) in [7, 11) is 1.63. The predicted molar refractivity (Wildman–Crippen MR) is 114 cm³/mol. The van der Waals surface area contributed by atoms with Crippen LogP contribution >= 0.6 is 0 Å². The van der Waals surface area contributed by atoms with E-state index < -0.39 is 11.5 Å². The van der Waals surface area contributed by atoms with Crippen LogP contribution in [0.5, 0.6) is 11.5 Å². The fraction of sp³-hybridized carbons (Fsp3) is 0.417. The van der Waals surface area contributed by atoms with E-state index in [1.807, 2.05) is 35.2 Å². The maximum absolute atomic E-state index is 13.8. The van der Waals surface area contributed by atoms with Crippen LogP contribution in [0.15, 0.2) is 42.5 Å². The Balaban J connectivity index is 1.54. The first-order chi connectivity index (χ1) is 15.1. The van der Waals surface area contributed by atoms with Gasteiger partial charge in [-0.25, -0.2) is 0 Å². The maximum Gasteiger partial charge on any atom is 0.254 e. The Labute approximate surface area is 181 Å². The third-order valence-electron chi connectivity index (χ3n) is 6.71. The standard InChI is InChI=1S/C24H26N2O5/c1-29-13-12-26-23(28)18-7-3-2-6-17(18)21(24(26)10-4-5-11-24)22(27)25-16-8-9-19-20(14-16)31-15-30-19/h2-3,6-9,14,21H,4-5,10-13,15H2,1H3,(H,25,27)/t21-/m1/s1. The minimum atomic E-state index is -0.537. The Morgan fingerprint density at radius 3 is 2.74 bits per heavy atom. The zero-order valence-corrected chi connectivity index (χ0v) is 17.6. The molecule has 162 valence electrons. The van der Waals surface area contributed by atoms with Gasteiger partial charge in [0, 0.05) is 31.0 Å². The Morgan fingerprint density at radius 2 is 1.94 bits per heavy atom. The normalized spacial score (nSPS) is 20.7. The van der Waals surface area contributed by atoms with Crippen LogP contribution in [-0.4, -0.2) is 49.3 Å². The Hall–Kier alpha value is -3.06. The second kappa shape index (κ2) is 7.89. The number of anilines is 1. The highest BCUT2D eigenvalue weighted by Crippen LogP contribution is 2.50. The third kappa shape index (κ3) is 3.24. The lowest BCUT2D eigenvalue weighted by atomic mass is 9.71. The molecule has 5 rings (SSSR count). The minimum Gasteiger partial charge on any atom is -0.454 e. The Kier molecular flexibility index (Phi) is 5.06. The molecule has 1 saturated carbocycles. The van der Waals surface area contributed by atoms with Gasteiger partial charge in [-0.1, -0.05) is 31.0 Å². The number of ether oxygens (including phenoxy) is 3. The van der Waals surface area contributed by atoms with Gasteiger partial charge in [0.05, 0.1) is 18.1 Å².